The van der Waals surface area contributed by atoms with Gasteiger partial charge < -0.3 is 15.8 Å². The van der Waals surface area contributed by atoms with Gasteiger partial charge in [-0.3, -0.25) is 0 Å². The van der Waals surface area contributed by atoms with Gasteiger partial charge in [0.1, 0.15) is 5.54 Å². The van der Waals surface area contributed by atoms with Crippen molar-refractivity contribution in [3.05, 3.63) is 41.2 Å². The average molecular weight is 278 g/mol. The molecule has 19 heavy (non-hydrogen) atoms. The number of hydrogen-bond donors (Lipinski definition) is 2. The van der Waals surface area contributed by atoms with Crippen LogP contribution in [0.4, 0.5) is 11.9 Å². The molecule has 0 bridgehead atoms. The lowest BCUT2D eigenvalue weighted by Crippen LogP contribution is -2.53. The third-order valence-corrected chi connectivity index (χ3v) is 3.17. The minimum Gasteiger partial charge on any atom is -0.376 e. The second kappa shape index (κ2) is 4.64. The zero-order valence-corrected chi connectivity index (χ0v) is 10.8. The molecule has 6 nitrogen and oxygen atoms in total. The van der Waals surface area contributed by atoms with Crippen LogP contribution >= 0.6 is 11.6 Å². The van der Waals surface area contributed by atoms with E-state index in [1.165, 1.54) is 0 Å². The van der Waals surface area contributed by atoms with Crippen molar-refractivity contribution < 1.29 is 4.74 Å². The van der Waals surface area contributed by atoms with E-state index in [0.29, 0.717) is 19.2 Å². The quantitative estimate of drug-likeness (QED) is 0.883. The Kier molecular flexibility index (Phi) is 2.96. The van der Waals surface area contributed by atoms with Crippen LogP contribution in [0.1, 0.15) is 5.56 Å². The molecule has 1 aliphatic heterocycles. The maximum absolute atomic E-state index is 5.77. The van der Waals surface area contributed by atoms with E-state index in [2.05, 4.69) is 20.3 Å². The van der Waals surface area contributed by atoms with Crippen molar-refractivity contribution in [1.82, 2.24) is 15.0 Å². The second-order valence-electron chi connectivity index (χ2n) is 4.35. The van der Waals surface area contributed by atoms with Gasteiger partial charge in [0.05, 0.1) is 13.2 Å². The number of hydrogen-bond acceptors (Lipinski definition) is 6. The summed E-state index contributed by atoms with van der Waals surface area (Å²) in [7, 11) is 0. The number of ether oxygens (including phenoxy) is 1. The van der Waals surface area contributed by atoms with Crippen molar-refractivity contribution in [2.24, 2.45) is 0 Å². The molecule has 1 fully saturated rings. The molecule has 1 aromatic carbocycles. The number of rotatable bonds is 3. The highest BCUT2D eigenvalue weighted by Crippen LogP contribution is 2.32. The smallest absolute Gasteiger partial charge is 0.229 e. The van der Waals surface area contributed by atoms with Crippen LogP contribution in [0.25, 0.3) is 0 Å². The minimum atomic E-state index is -0.335. The second-order valence-corrected chi connectivity index (χ2v) is 4.69. The molecule has 0 amide bonds. The maximum atomic E-state index is 5.77. The molecule has 3 N–H and O–H groups in total. The highest BCUT2D eigenvalue weighted by atomic mass is 35.5. The van der Waals surface area contributed by atoms with Gasteiger partial charge in [-0.1, -0.05) is 30.3 Å². The van der Waals surface area contributed by atoms with E-state index in [9.17, 15) is 0 Å². The van der Waals surface area contributed by atoms with Crippen molar-refractivity contribution in [2.75, 3.05) is 24.3 Å². The fraction of sp³-hybridized carbons (Fsp3) is 0.250. The van der Waals surface area contributed by atoms with Gasteiger partial charge in [-0.15, -0.1) is 0 Å². The topological polar surface area (TPSA) is 86.0 Å². The van der Waals surface area contributed by atoms with E-state index in [1.54, 1.807) is 0 Å². The molecule has 1 aromatic heterocycles. The first kappa shape index (κ1) is 12.1. The van der Waals surface area contributed by atoms with Gasteiger partial charge in [0, 0.05) is 0 Å². The first-order chi connectivity index (χ1) is 9.18. The molecular formula is C12H12ClN5O. The monoisotopic (exact) mass is 277 g/mol. The zero-order valence-electron chi connectivity index (χ0n) is 10.0. The molecule has 1 saturated heterocycles. The number of benzene rings is 1. The third kappa shape index (κ3) is 2.32. The van der Waals surface area contributed by atoms with E-state index in [0.717, 1.165) is 5.56 Å². The number of aromatic nitrogens is 3. The number of nitrogens with two attached hydrogens (primary N) is 1. The van der Waals surface area contributed by atoms with Gasteiger partial charge in [0.2, 0.25) is 17.2 Å². The van der Waals surface area contributed by atoms with Crippen molar-refractivity contribution in [3.8, 4) is 0 Å². The van der Waals surface area contributed by atoms with Gasteiger partial charge in [0.15, 0.2) is 0 Å². The van der Waals surface area contributed by atoms with Gasteiger partial charge in [0.25, 0.3) is 0 Å². The summed E-state index contributed by atoms with van der Waals surface area (Å²) in [6.07, 6.45) is 0. The SMILES string of the molecule is Nc1nc(Cl)nc(NC2(c3ccccc3)COC2)n1. The maximum Gasteiger partial charge on any atom is 0.229 e. The average Bonchev–Trinajstić information content (AvgIpc) is 2.34. The van der Waals surface area contributed by atoms with Crippen LogP contribution in [0.3, 0.4) is 0 Å². The summed E-state index contributed by atoms with van der Waals surface area (Å²) in [4.78, 5) is 11.8. The molecule has 98 valence electrons. The van der Waals surface area contributed by atoms with E-state index in [4.69, 9.17) is 22.1 Å². The Bertz CT molecular complexity index is 568. The van der Waals surface area contributed by atoms with E-state index in [-0.39, 0.29) is 16.8 Å². The summed E-state index contributed by atoms with van der Waals surface area (Å²) < 4.78 is 5.33. The first-order valence-corrected chi connectivity index (χ1v) is 6.14. The van der Waals surface area contributed by atoms with Crippen LogP contribution in [0, 0.1) is 0 Å². The molecule has 0 radical (unpaired) electrons. The number of nitrogens with one attached hydrogen (secondary N) is 1. The number of nitrogen functional groups attached to an aromatic ring is 1. The Labute approximate surface area is 115 Å². The lowest BCUT2D eigenvalue weighted by atomic mass is 9.88. The van der Waals surface area contributed by atoms with Crippen molar-refractivity contribution >= 4 is 23.5 Å². The Morgan fingerprint density at radius 3 is 2.47 bits per heavy atom. The normalized spacial score (nSPS) is 16.7. The number of nitrogens with zero attached hydrogens (tertiary/aromatic N) is 3. The van der Waals surface area contributed by atoms with Crippen LogP contribution in [0.15, 0.2) is 30.3 Å². The third-order valence-electron chi connectivity index (χ3n) is 3.00. The van der Waals surface area contributed by atoms with E-state index >= 15 is 0 Å². The molecular weight excluding hydrogens is 266 g/mol. The molecule has 0 atom stereocenters. The Morgan fingerprint density at radius 2 is 1.89 bits per heavy atom. The lowest BCUT2D eigenvalue weighted by Gasteiger charge is -2.42. The van der Waals surface area contributed by atoms with Crippen molar-refractivity contribution in [1.29, 1.82) is 0 Å². The molecule has 0 aliphatic carbocycles. The molecule has 0 saturated carbocycles. The first-order valence-electron chi connectivity index (χ1n) is 5.76. The predicted octanol–water partition coefficient (Wildman–Crippen LogP) is 1.44. The fourth-order valence-corrected chi connectivity index (χ4v) is 2.18. The van der Waals surface area contributed by atoms with Crippen molar-refractivity contribution in [3.63, 3.8) is 0 Å². The molecule has 2 heterocycles. The van der Waals surface area contributed by atoms with Gasteiger partial charge >= 0.3 is 0 Å². The Hall–Kier alpha value is -1.92. The molecule has 3 rings (SSSR count). The van der Waals surface area contributed by atoms with E-state index < -0.39 is 0 Å². The number of halogens is 1. The number of anilines is 2. The minimum absolute atomic E-state index is 0.0680. The van der Waals surface area contributed by atoms with Crippen LogP contribution in [0.5, 0.6) is 0 Å². The summed E-state index contributed by atoms with van der Waals surface area (Å²) in [6, 6.07) is 9.98. The molecule has 2 aromatic rings. The largest absolute Gasteiger partial charge is 0.376 e. The van der Waals surface area contributed by atoms with Crippen LogP contribution in [-0.4, -0.2) is 28.2 Å². The molecule has 0 unspecified atom stereocenters. The van der Waals surface area contributed by atoms with Gasteiger partial charge in [-0.2, -0.15) is 15.0 Å². The van der Waals surface area contributed by atoms with Crippen LogP contribution in [0.2, 0.25) is 5.28 Å². The molecule has 0 spiro atoms. The highest BCUT2D eigenvalue weighted by molar-refractivity contribution is 6.28. The standard InChI is InChI=1S/C12H12ClN5O/c13-9-15-10(14)17-11(16-9)18-12(6-19-7-12)8-4-2-1-3-5-8/h1-5H,6-7H2,(H3,14,15,16,17,18). The van der Waals surface area contributed by atoms with E-state index in [1.807, 2.05) is 30.3 Å². The Morgan fingerprint density at radius 1 is 1.16 bits per heavy atom. The molecule has 7 heteroatoms. The summed E-state index contributed by atoms with van der Waals surface area (Å²) >= 11 is 5.77. The summed E-state index contributed by atoms with van der Waals surface area (Å²) in [5.41, 5.74) is 6.33. The fourth-order valence-electron chi connectivity index (χ4n) is 2.01. The van der Waals surface area contributed by atoms with Gasteiger partial charge in [-0.25, -0.2) is 0 Å². The summed E-state index contributed by atoms with van der Waals surface area (Å²) in [6.45, 7) is 1.08. The zero-order chi connectivity index (χ0) is 13.3. The van der Waals surface area contributed by atoms with Crippen LogP contribution in [-0.2, 0) is 10.3 Å². The lowest BCUT2D eigenvalue weighted by molar-refractivity contribution is -0.0450. The van der Waals surface area contributed by atoms with Crippen molar-refractivity contribution in [2.45, 2.75) is 5.54 Å². The highest BCUT2D eigenvalue weighted by Gasteiger charge is 2.41. The van der Waals surface area contributed by atoms with Gasteiger partial charge in [-0.05, 0) is 17.2 Å². The predicted molar refractivity (Wildman–Crippen MR) is 71.8 cm³/mol. The summed E-state index contributed by atoms with van der Waals surface area (Å²) in [5, 5.41) is 3.31. The Balaban J connectivity index is 1.91. The molecule has 1 aliphatic rings. The van der Waals surface area contributed by atoms with Crippen LogP contribution < -0.4 is 11.1 Å². The summed E-state index contributed by atoms with van der Waals surface area (Å²) in [5.74, 6) is 0.440.